The summed E-state index contributed by atoms with van der Waals surface area (Å²) >= 11 is 0. The van der Waals surface area contributed by atoms with E-state index in [2.05, 4.69) is 30.1 Å². The number of aryl methyl sites for hydroxylation is 1. The maximum atomic E-state index is 11.7. The highest BCUT2D eigenvalue weighted by molar-refractivity contribution is 6.03. The Morgan fingerprint density at radius 3 is 2.87 bits per heavy atom. The molecule has 0 aromatic heterocycles. The van der Waals surface area contributed by atoms with Gasteiger partial charge >= 0.3 is 0 Å². The molecule has 0 aliphatic carbocycles. The first-order valence-corrected chi connectivity index (χ1v) is 5.32. The van der Waals surface area contributed by atoms with Crippen LogP contribution in [0.3, 0.4) is 0 Å². The van der Waals surface area contributed by atoms with Gasteiger partial charge in [0.2, 0.25) is 5.91 Å². The van der Waals surface area contributed by atoms with Crippen LogP contribution in [-0.2, 0) is 4.79 Å². The summed E-state index contributed by atoms with van der Waals surface area (Å²) in [6, 6.07) is 5.92. The lowest BCUT2D eigenvalue weighted by molar-refractivity contribution is -0.117. The highest BCUT2D eigenvalue weighted by Crippen LogP contribution is 2.34. The molecule has 1 aromatic carbocycles. The quantitative estimate of drug-likeness (QED) is 0.760. The highest BCUT2D eigenvalue weighted by atomic mass is 16.2. The number of amides is 1. The zero-order chi connectivity index (χ0) is 11.0. The molecule has 1 atom stereocenters. The number of likely N-dealkylation sites (N-methyl/N-ethyl adjacent to an activating group) is 1. The fourth-order valence-corrected chi connectivity index (χ4v) is 2.15. The first kappa shape index (κ1) is 10.0. The summed E-state index contributed by atoms with van der Waals surface area (Å²) in [5.74, 6) is 0.0787. The van der Waals surface area contributed by atoms with Gasteiger partial charge in [0.1, 0.15) is 6.04 Å². The maximum Gasteiger partial charge on any atom is 0.246 e. The Balaban J connectivity index is 2.56. The summed E-state index contributed by atoms with van der Waals surface area (Å²) in [6.07, 6.45) is 0. The standard InChI is InChI=1S/C12H16N2O/c1-4-14-9(3)12(15)13-10-7-5-6-8(2)11(10)14/h5-7,9H,4H2,1-3H3,(H,13,15). The Kier molecular flexibility index (Phi) is 2.39. The average molecular weight is 204 g/mol. The largest absolute Gasteiger partial charge is 0.358 e. The van der Waals surface area contributed by atoms with Gasteiger partial charge in [-0.25, -0.2) is 0 Å². The van der Waals surface area contributed by atoms with Crippen molar-refractivity contribution >= 4 is 17.3 Å². The second kappa shape index (κ2) is 3.57. The lowest BCUT2D eigenvalue weighted by atomic mass is 10.1. The van der Waals surface area contributed by atoms with Crippen molar-refractivity contribution in [3.8, 4) is 0 Å². The van der Waals surface area contributed by atoms with Crippen LogP contribution in [0.4, 0.5) is 11.4 Å². The molecule has 1 aliphatic rings. The van der Waals surface area contributed by atoms with Crippen molar-refractivity contribution in [2.75, 3.05) is 16.8 Å². The fourth-order valence-electron chi connectivity index (χ4n) is 2.15. The van der Waals surface area contributed by atoms with Crippen LogP contribution >= 0.6 is 0 Å². The minimum Gasteiger partial charge on any atom is -0.358 e. The molecule has 1 heterocycles. The molecule has 3 heteroatoms. The maximum absolute atomic E-state index is 11.7. The van der Waals surface area contributed by atoms with E-state index < -0.39 is 0 Å². The lowest BCUT2D eigenvalue weighted by Crippen LogP contribution is -2.46. The summed E-state index contributed by atoms with van der Waals surface area (Å²) in [5, 5.41) is 2.93. The number of nitrogens with one attached hydrogen (secondary N) is 1. The third-order valence-corrected chi connectivity index (χ3v) is 2.97. The second-order valence-electron chi connectivity index (χ2n) is 3.92. The van der Waals surface area contributed by atoms with E-state index in [0.29, 0.717) is 0 Å². The highest BCUT2D eigenvalue weighted by Gasteiger charge is 2.28. The van der Waals surface area contributed by atoms with E-state index in [0.717, 1.165) is 17.9 Å². The Morgan fingerprint density at radius 1 is 1.47 bits per heavy atom. The topological polar surface area (TPSA) is 32.3 Å². The monoisotopic (exact) mass is 204 g/mol. The van der Waals surface area contributed by atoms with Crippen molar-refractivity contribution in [2.24, 2.45) is 0 Å². The van der Waals surface area contributed by atoms with Crippen LogP contribution in [0.1, 0.15) is 19.4 Å². The molecule has 15 heavy (non-hydrogen) atoms. The van der Waals surface area contributed by atoms with Crippen LogP contribution in [0, 0.1) is 6.92 Å². The number of carbonyl (C=O) groups is 1. The van der Waals surface area contributed by atoms with Crippen LogP contribution in [-0.4, -0.2) is 18.5 Å². The predicted octanol–water partition coefficient (Wildman–Crippen LogP) is 2.16. The van der Waals surface area contributed by atoms with Crippen molar-refractivity contribution in [1.82, 2.24) is 0 Å². The molecule has 1 unspecified atom stereocenters. The van der Waals surface area contributed by atoms with Crippen LogP contribution < -0.4 is 10.2 Å². The minimum atomic E-state index is -0.0800. The number of hydrogen-bond acceptors (Lipinski definition) is 2. The van der Waals surface area contributed by atoms with Crippen molar-refractivity contribution in [3.63, 3.8) is 0 Å². The molecule has 1 amide bonds. The molecule has 1 N–H and O–H groups in total. The molecule has 0 bridgehead atoms. The van der Waals surface area contributed by atoms with E-state index in [1.54, 1.807) is 0 Å². The number of rotatable bonds is 1. The van der Waals surface area contributed by atoms with E-state index in [1.807, 2.05) is 19.1 Å². The Labute approximate surface area is 90.1 Å². The van der Waals surface area contributed by atoms with Crippen molar-refractivity contribution in [2.45, 2.75) is 26.8 Å². The SMILES string of the molecule is CCN1c2c(C)cccc2NC(=O)C1C. The zero-order valence-electron chi connectivity index (χ0n) is 9.37. The summed E-state index contributed by atoms with van der Waals surface area (Å²) in [6.45, 7) is 6.94. The van der Waals surface area contributed by atoms with Gasteiger partial charge in [-0.15, -0.1) is 0 Å². The molecule has 0 saturated heterocycles. The number of benzene rings is 1. The average Bonchev–Trinajstić information content (AvgIpc) is 2.21. The number of hydrogen-bond donors (Lipinski definition) is 1. The molecule has 0 spiro atoms. The molecular weight excluding hydrogens is 188 g/mol. The van der Waals surface area contributed by atoms with E-state index in [4.69, 9.17) is 0 Å². The number of fused-ring (bicyclic) bond motifs is 1. The van der Waals surface area contributed by atoms with Gasteiger partial charge in [0.15, 0.2) is 0 Å². The number of anilines is 2. The van der Waals surface area contributed by atoms with Crippen molar-refractivity contribution in [3.05, 3.63) is 23.8 Å². The summed E-state index contributed by atoms with van der Waals surface area (Å²) < 4.78 is 0. The van der Waals surface area contributed by atoms with Gasteiger partial charge in [0.25, 0.3) is 0 Å². The molecule has 2 rings (SSSR count). The molecule has 0 saturated carbocycles. The first-order valence-electron chi connectivity index (χ1n) is 5.32. The third kappa shape index (κ3) is 1.48. The smallest absolute Gasteiger partial charge is 0.246 e. The van der Waals surface area contributed by atoms with E-state index in [9.17, 15) is 4.79 Å². The Hall–Kier alpha value is -1.51. The normalized spacial score (nSPS) is 19.8. The minimum absolute atomic E-state index is 0.0787. The molecule has 0 radical (unpaired) electrons. The Bertz CT molecular complexity index is 401. The predicted molar refractivity (Wildman–Crippen MR) is 62.3 cm³/mol. The number of para-hydroxylation sites is 1. The van der Waals surface area contributed by atoms with Crippen LogP contribution in [0.25, 0.3) is 0 Å². The van der Waals surface area contributed by atoms with Gasteiger partial charge in [-0.1, -0.05) is 12.1 Å². The molecule has 80 valence electrons. The summed E-state index contributed by atoms with van der Waals surface area (Å²) in [5.41, 5.74) is 3.30. The van der Waals surface area contributed by atoms with Crippen molar-refractivity contribution < 1.29 is 4.79 Å². The number of nitrogens with zero attached hydrogens (tertiary/aromatic N) is 1. The molecule has 0 fully saturated rings. The van der Waals surface area contributed by atoms with Crippen LogP contribution in [0.15, 0.2) is 18.2 Å². The van der Waals surface area contributed by atoms with Gasteiger partial charge in [0.05, 0.1) is 11.4 Å². The second-order valence-corrected chi connectivity index (χ2v) is 3.92. The fraction of sp³-hybridized carbons (Fsp3) is 0.417. The van der Waals surface area contributed by atoms with Gasteiger partial charge < -0.3 is 10.2 Å². The third-order valence-electron chi connectivity index (χ3n) is 2.97. The Morgan fingerprint density at radius 2 is 2.20 bits per heavy atom. The van der Waals surface area contributed by atoms with Crippen LogP contribution in [0.5, 0.6) is 0 Å². The summed E-state index contributed by atoms with van der Waals surface area (Å²) in [4.78, 5) is 13.8. The molecule has 1 aliphatic heterocycles. The molecular formula is C12H16N2O. The van der Waals surface area contributed by atoms with E-state index >= 15 is 0 Å². The summed E-state index contributed by atoms with van der Waals surface area (Å²) in [7, 11) is 0. The van der Waals surface area contributed by atoms with Gasteiger partial charge in [-0.3, -0.25) is 4.79 Å². The van der Waals surface area contributed by atoms with Gasteiger partial charge in [0, 0.05) is 6.54 Å². The van der Waals surface area contributed by atoms with Gasteiger partial charge in [-0.2, -0.15) is 0 Å². The van der Waals surface area contributed by atoms with Gasteiger partial charge in [-0.05, 0) is 32.4 Å². The number of carbonyl (C=O) groups excluding carboxylic acids is 1. The molecule has 3 nitrogen and oxygen atoms in total. The molecule has 1 aromatic rings. The van der Waals surface area contributed by atoms with Crippen LogP contribution in [0.2, 0.25) is 0 Å². The first-order chi connectivity index (χ1) is 7.15. The van der Waals surface area contributed by atoms with E-state index in [-0.39, 0.29) is 11.9 Å². The zero-order valence-corrected chi connectivity index (χ0v) is 9.37. The van der Waals surface area contributed by atoms with Crippen molar-refractivity contribution in [1.29, 1.82) is 0 Å². The lowest BCUT2D eigenvalue weighted by Gasteiger charge is -2.36. The van der Waals surface area contributed by atoms with E-state index in [1.165, 1.54) is 5.56 Å².